The molecule has 0 saturated heterocycles. The molecule has 0 radical (unpaired) electrons. The molecule has 0 aliphatic heterocycles. The van der Waals surface area contributed by atoms with Crippen LogP contribution in [-0.4, -0.2) is 35.4 Å². The summed E-state index contributed by atoms with van der Waals surface area (Å²) >= 11 is 0. The lowest BCUT2D eigenvalue weighted by atomic mass is 10.1. The molecule has 1 heterocycles. The van der Waals surface area contributed by atoms with Gasteiger partial charge >= 0.3 is 12.1 Å². The molecule has 2 aromatic rings. The Bertz CT molecular complexity index is 789. The highest BCUT2D eigenvalue weighted by atomic mass is 19.4. The highest BCUT2D eigenvalue weighted by Gasteiger charge is 2.38. The molecular formula is C14H12F4N4O3. The Balaban J connectivity index is 2.19. The fourth-order valence-electron chi connectivity index (χ4n) is 1.77. The van der Waals surface area contributed by atoms with E-state index < -0.39 is 35.7 Å². The predicted octanol–water partition coefficient (Wildman–Crippen LogP) is 2.65. The first kappa shape index (κ1) is 18.4. The number of hydrogen-bond acceptors (Lipinski definition) is 6. The Morgan fingerprint density at radius 1 is 1.44 bits per heavy atom. The molecule has 1 N–H and O–H groups in total. The molecule has 1 amide bonds. The summed E-state index contributed by atoms with van der Waals surface area (Å²) in [5.74, 6) is -3.74. The lowest BCUT2D eigenvalue weighted by molar-refractivity contribution is -0.159. The van der Waals surface area contributed by atoms with Gasteiger partial charge in [0.05, 0.1) is 17.8 Å². The van der Waals surface area contributed by atoms with Gasteiger partial charge in [-0.2, -0.15) is 18.2 Å². The third kappa shape index (κ3) is 4.52. The van der Waals surface area contributed by atoms with Crippen molar-refractivity contribution in [3.8, 4) is 11.4 Å². The Hall–Kier alpha value is -2.98. The van der Waals surface area contributed by atoms with Crippen LogP contribution in [0.2, 0.25) is 0 Å². The van der Waals surface area contributed by atoms with Gasteiger partial charge in [0, 0.05) is 5.56 Å². The van der Waals surface area contributed by atoms with E-state index in [0.717, 1.165) is 12.1 Å². The molecular weight excluding hydrogens is 348 g/mol. The average molecular weight is 360 g/mol. The van der Waals surface area contributed by atoms with E-state index >= 15 is 0 Å². The van der Waals surface area contributed by atoms with Crippen molar-refractivity contribution in [2.75, 3.05) is 7.11 Å². The molecule has 1 aromatic carbocycles. The molecule has 134 valence electrons. The number of carbonyl (C=O) groups excluding carboxylic acids is 1. The standard InChI is InChI=1S/C14H12F4N4O3/c1-7(6-19-24-2)20-12(23)8-3-4-9(10(15)5-8)11-21-13(25-22-11)14(16,17)18/h3-7H,1-2H3,(H,20,23)/b19-6+. The van der Waals surface area contributed by atoms with Crippen molar-refractivity contribution < 1.29 is 31.7 Å². The number of nitrogens with zero attached hydrogens (tertiary/aromatic N) is 3. The van der Waals surface area contributed by atoms with Crippen LogP contribution in [0.4, 0.5) is 17.6 Å². The summed E-state index contributed by atoms with van der Waals surface area (Å²) < 4.78 is 55.5. The molecule has 0 saturated carbocycles. The van der Waals surface area contributed by atoms with Crippen LogP contribution in [0.1, 0.15) is 23.2 Å². The first-order chi connectivity index (χ1) is 11.7. The SMILES string of the molecule is CO/N=C/C(C)NC(=O)c1ccc(-c2noc(C(F)(F)F)n2)c(F)c1. The zero-order valence-corrected chi connectivity index (χ0v) is 13.0. The van der Waals surface area contributed by atoms with E-state index in [2.05, 4.69) is 30.0 Å². The third-order valence-electron chi connectivity index (χ3n) is 2.89. The number of amides is 1. The molecule has 1 aromatic heterocycles. The van der Waals surface area contributed by atoms with Gasteiger partial charge in [0.15, 0.2) is 0 Å². The first-order valence-corrected chi connectivity index (χ1v) is 6.80. The van der Waals surface area contributed by atoms with Gasteiger partial charge in [-0.05, 0) is 25.1 Å². The van der Waals surface area contributed by atoms with Crippen molar-refractivity contribution in [2.45, 2.75) is 19.1 Å². The fraction of sp³-hybridized carbons (Fsp3) is 0.286. The van der Waals surface area contributed by atoms with E-state index in [0.29, 0.717) is 0 Å². The second kappa shape index (κ2) is 7.28. The Morgan fingerprint density at radius 3 is 2.72 bits per heavy atom. The lowest BCUT2D eigenvalue weighted by Crippen LogP contribution is -2.33. The van der Waals surface area contributed by atoms with Crippen LogP contribution in [0.25, 0.3) is 11.4 Å². The second-order valence-electron chi connectivity index (χ2n) is 4.81. The Morgan fingerprint density at radius 2 is 2.16 bits per heavy atom. The van der Waals surface area contributed by atoms with Gasteiger partial charge in [-0.3, -0.25) is 4.79 Å². The van der Waals surface area contributed by atoms with Crippen molar-refractivity contribution in [3.05, 3.63) is 35.5 Å². The van der Waals surface area contributed by atoms with Crippen molar-refractivity contribution in [1.29, 1.82) is 0 Å². The molecule has 0 aliphatic rings. The number of hydrogen-bond donors (Lipinski definition) is 1. The molecule has 25 heavy (non-hydrogen) atoms. The predicted molar refractivity (Wildman–Crippen MR) is 77.1 cm³/mol. The number of aromatic nitrogens is 2. The summed E-state index contributed by atoms with van der Waals surface area (Å²) in [6.07, 6.45) is -3.51. The van der Waals surface area contributed by atoms with E-state index in [1.54, 1.807) is 6.92 Å². The minimum Gasteiger partial charge on any atom is -0.399 e. The maximum absolute atomic E-state index is 14.1. The van der Waals surface area contributed by atoms with Crippen LogP contribution in [0.3, 0.4) is 0 Å². The molecule has 0 aliphatic carbocycles. The monoisotopic (exact) mass is 360 g/mol. The highest BCUT2D eigenvalue weighted by molar-refractivity contribution is 5.96. The summed E-state index contributed by atoms with van der Waals surface area (Å²) in [5.41, 5.74) is -0.372. The fourth-order valence-corrected chi connectivity index (χ4v) is 1.77. The van der Waals surface area contributed by atoms with E-state index in [1.165, 1.54) is 19.4 Å². The lowest BCUT2D eigenvalue weighted by Gasteiger charge is -2.09. The number of benzene rings is 1. The average Bonchev–Trinajstić information content (AvgIpc) is 3.02. The first-order valence-electron chi connectivity index (χ1n) is 6.80. The Labute approximate surface area is 138 Å². The molecule has 1 unspecified atom stereocenters. The van der Waals surface area contributed by atoms with Gasteiger partial charge in [-0.1, -0.05) is 10.3 Å². The van der Waals surface area contributed by atoms with Crippen LogP contribution in [0.5, 0.6) is 0 Å². The largest absolute Gasteiger partial charge is 0.471 e. The molecule has 2 rings (SSSR count). The number of alkyl halides is 3. The van der Waals surface area contributed by atoms with E-state index in [9.17, 15) is 22.4 Å². The normalized spacial score (nSPS) is 13.0. The van der Waals surface area contributed by atoms with Crippen molar-refractivity contribution in [3.63, 3.8) is 0 Å². The van der Waals surface area contributed by atoms with Gasteiger partial charge in [0.1, 0.15) is 12.9 Å². The van der Waals surface area contributed by atoms with E-state index in [4.69, 9.17) is 0 Å². The number of nitrogens with one attached hydrogen (secondary N) is 1. The van der Waals surface area contributed by atoms with Crippen LogP contribution < -0.4 is 5.32 Å². The maximum atomic E-state index is 14.1. The minimum absolute atomic E-state index is 0.0431. The number of oxime groups is 1. The smallest absolute Gasteiger partial charge is 0.399 e. The number of halogens is 4. The van der Waals surface area contributed by atoms with Gasteiger partial charge < -0.3 is 14.7 Å². The van der Waals surface area contributed by atoms with Crippen LogP contribution in [-0.2, 0) is 11.0 Å². The van der Waals surface area contributed by atoms with E-state index in [1.807, 2.05) is 0 Å². The van der Waals surface area contributed by atoms with Crippen LogP contribution >= 0.6 is 0 Å². The quantitative estimate of drug-likeness (QED) is 0.503. The van der Waals surface area contributed by atoms with Gasteiger partial charge in [0.25, 0.3) is 5.91 Å². The molecule has 7 nitrogen and oxygen atoms in total. The summed E-state index contributed by atoms with van der Waals surface area (Å²) in [5, 5.41) is 9.08. The van der Waals surface area contributed by atoms with Gasteiger partial charge in [0.2, 0.25) is 5.82 Å². The molecule has 0 bridgehead atoms. The maximum Gasteiger partial charge on any atom is 0.471 e. The number of carbonyl (C=O) groups is 1. The number of rotatable bonds is 5. The summed E-state index contributed by atoms with van der Waals surface area (Å²) in [4.78, 5) is 19.5. The van der Waals surface area contributed by atoms with Gasteiger partial charge in [-0.15, -0.1) is 0 Å². The topological polar surface area (TPSA) is 89.6 Å². The zero-order valence-electron chi connectivity index (χ0n) is 13.0. The zero-order chi connectivity index (χ0) is 18.6. The van der Waals surface area contributed by atoms with Crippen molar-refractivity contribution in [2.24, 2.45) is 5.16 Å². The Kier molecular flexibility index (Phi) is 5.35. The van der Waals surface area contributed by atoms with E-state index in [-0.39, 0.29) is 11.1 Å². The summed E-state index contributed by atoms with van der Waals surface area (Å²) in [6, 6.07) is 2.68. The van der Waals surface area contributed by atoms with Crippen molar-refractivity contribution >= 4 is 12.1 Å². The molecule has 11 heteroatoms. The highest BCUT2D eigenvalue weighted by Crippen LogP contribution is 2.30. The second-order valence-corrected chi connectivity index (χ2v) is 4.81. The van der Waals surface area contributed by atoms with Crippen molar-refractivity contribution in [1.82, 2.24) is 15.5 Å². The molecule has 0 spiro atoms. The van der Waals surface area contributed by atoms with Gasteiger partial charge in [-0.25, -0.2) is 4.39 Å². The minimum atomic E-state index is -4.83. The summed E-state index contributed by atoms with van der Waals surface area (Å²) in [7, 11) is 1.33. The molecule has 1 atom stereocenters. The summed E-state index contributed by atoms with van der Waals surface area (Å²) in [6.45, 7) is 1.61. The molecule has 0 fully saturated rings. The van der Waals surface area contributed by atoms with Crippen LogP contribution in [0, 0.1) is 5.82 Å². The van der Waals surface area contributed by atoms with Crippen LogP contribution in [0.15, 0.2) is 27.9 Å². The third-order valence-corrected chi connectivity index (χ3v) is 2.89.